The number of piperidine rings is 1. The van der Waals surface area contributed by atoms with Gasteiger partial charge in [-0.05, 0) is 49.1 Å². The van der Waals surface area contributed by atoms with Crippen LogP contribution in [0.25, 0.3) is 11.0 Å². The van der Waals surface area contributed by atoms with E-state index < -0.39 is 30.1 Å². The zero-order chi connectivity index (χ0) is 28.5. The van der Waals surface area contributed by atoms with E-state index in [1.807, 2.05) is 4.90 Å². The molecule has 2 heterocycles. The highest BCUT2D eigenvalue weighted by atomic mass is 35.5. The standard InChI is InChI=1S/C25H25Cl2F6N5O/c1-2-15(25(31,32)33)22(39)34-12-13-3-4-16(26)18(9-13)35-23-36-19-10-17(27)21(11-20(19)37-23)38-7-5-14(6-8-38)24(28,29)30/h3-4,9-11,14-15H,2,5-8,12H2,1H3,(H,34,39)(H2,35,36,37). The lowest BCUT2D eigenvalue weighted by Crippen LogP contribution is -2.39. The number of halogens is 8. The van der Waals surface area contributed by atoms with E-state index in [1.165, 1.54) is 13.0 Å². The third-order valence-corrected chi connectivity index (χ3v) is 7.35. The molecule has 0 radical (unpaired) electrons. The Balaban J connectivity index is 1.47. The van der Waals surface area contributed by atoms with Crippen LogP contribution in [-0.4, -0.2) is 41.3 Å². The van der Waals surface area contributed by atoms with Crippen molar-refractivity contribution in [2.75, 3.05) is 23.3 Å². The molecule has 4 rings (SSSR count). The molecule has 1 unspecified atom stereocenters. The van der Waals surface area contributed by atoms with Crippen molar-refractivity contribution >= 4 is 57.5 Å². The summed E-state index contributed by atoms with van der Waals surface area (Å²) in [4.78, 5) is 21.4. The van der Waals surface area contributed by atoms with Crippen molar-refractivity contribution in [2.24, 2.45) is 11.8 Å². The number of nitrogens with zero attached hydrogens (tertiary/aromatic N) is 2. The average Bonchev–Trinajstić information content (AvgIpc) is 3.24. The average molecular weight is 596 g/mol. The van der Waals surface area contributed by atoms with Gasteiger partial charge in [-0.3, -0.25) is 4.79 Å². The zero-order valence-corrected chi connectivity index (χ0v) is 22.1. The Hall–Kier alpha value is -2.86. The molecule has 1 fully saturated rings. The number of H-pyrrole nitrogens is 1. The van der Waals surface area contributed by atoms with Gasteiger partial charge in [-0.25, -0.2) is 4.98 Å². The number of aromatic nitrogens is 2. The SMILES string of the molecule is CCC(C(=O)NCc1ccc(Cl)c(Nc2nc3cc(N4CCC(C(F)(F)F)CC4)c(Cl)cc3[nH]2)c1)C(F)(F)F. The highest BCUT2D eigenvalue weighted by molar-refractivity contribution is 6.34. The van der Waals surface area contributed by atoms with E-state index in [0.717, 1.165) is 0 Å². The number of benzene rings is 2. The monoisotopic (exact) mass is 595 g/mol. The molecule has 39 heavy (non-hydrogen) atoms. The van der Waals surface area contributed by atoms with Crippen molar-refractivity contribution in [1.82, 2.24) is 15.3 Å². The summed E-state index contributed by atoms with van der Waals surface area (Å²) in [5, 5.41) is 5.99. The highest BCUT2D eigenvalue weighted by Gasteiger charge is 2.43. The van der Waals surface area contributed by atoms with Gasteiger partial charge in [-0.2, -0.15) is 26.3 Å². The van der Waals surface area contributed by atoms with Gasteiger partial charge >= 0.3 is 12.4 Å². The Kier molecular flexibility index (Phi) is 8.46. The first kappa shape index (κ1) is 29.1. The molecule has 1 amide bonds. The first-order valence-corrected chi connectivity index (χ1v) is 12.9. The van der Waals surface area contributed by atoms with Crippen molar-refractivity contribution in [3.05, 3.63) is 45.9 Å². The second kappa shape index (κ2) is 11.3. The number of rotatable bonds is 7. The summed E-state index contributed by atoms with van der Waals surface area (Å²) < 4.78 is 78.1. The molecule has 14 heteroatoms. The summed E-state index contributed by atoms with van der Waals surface area (Å²) in [6.45, 7) is 1.58. The van der Waals surface area contributed by atoms with Crippen LogP contribution in [0.3, 0.4) is 0 Å². The fourth-order valence-corrected chi connectivity index (χ4v) is 5.00. The number of amides is 1. The number of carbonyl (C=O) groups is 1. The number of aromatic amines is 1. The van der Waals surface area contributed by atoms with Crippen molar-refractivity contribution in [2.45, 2.75) is 45.1 Å². The molecule has 0 spiro atoms. The van der Waals surface area contributed by atoms with E-state index in [-0.39, 0.29) is 38.9 Å². The minimum atomic E-state index is -4.63. The van der Waals surface area contributed by atoms with Gasteiger partial charge in [0, 0.05) is 19.6 Å². The lowest BCUT2D eigenvalue weighted by atomic mass is 9.96. The Labute approximate surface area is 230 Å². The zero-order valence-electron chi connectivity index (χ0n) is 20.6. The van der Waals surface area contributed by atoms with Crippen LogP contribution in [0.1, 0.15) is 31.7 Å². The minimum absolute atomic E-state index is 0.0180. The lowest BCUT2D eigenvalue weighted by Gasteiger charge is -2.34. The lowest BCUT2D eigenvalue weighted by molar-refractivity contribution is -0.183. The number of alkyl halides is 6. The first-order valence-electron chi connectivity index (χ1n) is 12.2. The molecule has 1 aliphatic rings. The van der Waals surface area contributed by atoms with E-state index in [1.54, 1.807) is 24.3 Å². The fraction of sp³-hybridized carbons (Fsp3) is 0.440. The summed E-state index contributed by atoms with van der Waals surface area (Å²) in [6.07, 6.45) is -9.25. The van der Waals surface area contributed by atoms with Crippen LogP contribution in [0.5, 0.6) is 0 Å². The molecule has 0 bridgehead atoms. The van der Waals surface area contributed by atoms with Gasteiger partial charge in [0.05, 0.1) is 38.4 Å². The molecule has 0 saturated carbocycles. The normalized spacial score (nSPS) is 16.0. The second-order valence-electron chi connectivity index (χ2n) is 9.37. The van der Waals surface area contributed by atoms with Gasteiger partial charge in [-0.15, -0.1) is 0 Å². The van der Waals surface area contributed by atoms with Crippen LogP contribution < -0.4 is 15.5 Å². The van der Waals surface area contributed by atoms with E-state index in [2.05, 4.69) is 20.6 Å². The van der Waals surface area contributed by atoms with E-state index >= 15 is 0 Å². The van der Waals surface area contributed by atoms with Gasteiger partial charge in [0.2, 0.25) is 11.9 Å². The Morgan fingerprint density at radius 2 is 1.79 bits per heavy atom. The number of carbonyl (C=O) groups excluding carboxylic acids is 1. The van der Waals surface area contributed by atoms with Crippen LogP contribution in [0.2, 0.25) is 10.0 Å². The van der Waals surface area contributed by atoms with Crippen molar-refractivity contribution in [3.8, 4) is 0 Å². The van der Waals surface area contributed by atoms with Gasteiger partial charge in [-0.1, -0.05) is 36.2 Å². The van der Waals surface area contributed by atoms with Crippen LogP contribution in [-0.2, 0) is 11.3 Å². The van der Waals surface area contributed by atoms with Crippen LogP contribution >= 0.6 is 23.2 Å². The Morgan fingerprint density at radius 1 is 1.10 bits per heavy atom. The number of anilines is 3. The third-order valence-electron chi connectivity index (χ3n) is 6.72. The van der Waals surface area contributed by atoms with Gasteiger partial charge in [0.15, 0.2) is 0 Å². The molecule has 3 N–H and O–H groups in total. The summed E-state index contributed by atoms with van der Waals surface area (Å²) in [5.74, 6) is -4.24. The van der Waals surface area contributed by atoms with Crippen molar-refractivity contribution < 1.29 is 31.1 Å². The predicted octanol–water partition coefficient (Wildman–Crippen LogP) is 7.60. The predicted molar refractivity (Wildman–Crippen MR) is 139 cm³/mol. The summed E-state index contributed by atoms with van der Waals surface area (Å²) in [7, 11) is 0. The maximum absolute atomic E-state index is 13.0. The Morgan fingerprint density at radius 3 is 2.41 bits per heavy atom. The molecular weight excluding hydrogens is 571 g/mol. The summed E-state index contributed by atoms with van der Waals surface area (Å²) >= 11 is 12.7. The van der Waals surface area contributed by atoms with Crippen molar-refractivity contribution in [3.63, 3.8) is 0 Å². The quantitative estimate of drug-likeness (QED) is 0.246. The minimum Gasteiger partial charge on any atom is -0.370 e. The van der Waals surface area contributed by atoms with Crippen LogP contribution in [0.4, 0.5) is 43.7 Å². The van der Waals surface area contributed by atoms with Crippen LogP contribution in [0.15, 0.2) is 30.3 Å². The Bertz CT molecular complexity index is 1330. The summed E-state index contributed by atoms with van der Waals surface area (Å²) in [5.41, 5.74) is 2.59. The smallest absolute Gasteiger partial charge is 0.370 e. The number of hydrogen-bond donors (Lipinski definition) is 3. The largest absolute Gasteiger partial charge is 0.400 e. The number of imidazole rings is 1. The number of fused-ring (bicyclic) bond motifs is 1. The number of hydrogen-bond acceptors (Lipinski definition) is 4. The molecular formula is C25H25Cl2F6N5O. The maximum Gasteiger partial charge on any atom is 0.400 e. The molecule has 1 aliphatic heterocycles. The molecule has 2 aromatic carbocycles. The molecule has 1 saturated heterocycles. The molecule has 0 aliphatic carbocycles. The highest BCUT2D eigenvalue weighted by Crippen LogP contribution is 2.38. The van der Waals surface area contributed by atoms with Crippen LogP contribution in [0, 0.1) is 11.8 Å². The topological polar surface area (TPSA) is 73.1 Å². The molecule has 1 aromatic heterocycles. The van der Waals surface area contributed by atoms with Gasteiger partial charge < -0.3 is 20.5 Å². The first-order chi connectivity index (χ1) is 18.3. The molecule has 3 aromatic rings. The van der Waals surface area contributed by atoms with E-state index in [0.29, 0.717) is 44.0 Å². The maximum atomic E-state index is 13.0. The third kappa shape index (κ3) is 6.84. The molecule has 1 atom stereocenters. The number of nitrogens with one attached hydrogen (secondary N) is 3. The van der Waals surface area contributed by atoms with Crippen molar-refractivity contribution in [1.29, 1.82) is 0 Å². The summed E-state index contributed by atoms with van der Waals surface area (Å²) in [6, 6.07) is 8.03. The van der Waals surface area contributed by atoms with E-state index in [9.17, 15) is 31.1 Å². The fourth-order valence-electron chi connectivity index (χ4n) is 4.55. The molecule has 6 nitrogen and oxygen atoms in total. The van der Waals surface area contributed by atoms with E-state index in [4.69, 9.17) is 23.2 Å². The second-order valence-corrected chi connectivity index (χ2v) is 10.2. The van der Waals surface area contributed by atoms with Gasteiger partial charge in [0.1, 0.15) is 5.92 Å². The molecule has 212 valence electrons. The van der Waals surface area contributed by atoms with Gasteiger partial charge in [0.25, 0.3) is 0 Å².